The largest absolute Gasteiger partial charge is 0.390 e. The molecule has 0 fully saturated rings. The van der Waals surface area contributed by atoms with Crippen molar-refractivity contribution in [3.8, 4) is 0 Å². The fraction of sp³-hybridized carbons (Fsp3) is 0.500. The third-order valence-electron chi connectivity index (χ3n) is 2.31. The van der Waals surface area contributed by atoms with E-state index in [0.29, 0.717) is 16.0 Å². The number of carbonyl (C=O) groups is 1. The molecule has 17 heavy (non-hydrogen) atoms. The molecule has 0 saturated heterocycles. The fourth-order valence-corrected chi connectivity index (χ4v) is 2.48. The first kappa shape index (κ1) is 13.7. The maximum Gasteiger partial charge on any atom is 0.160 e. The van der Waals surface area contributed by atoms with Crippen LogP contribution in [-0.2, 0) is 0 Å². The van der Waals surface area contributed by atoms with Crippen LogP contribution in [0.3, 0.4) is 0 Å². The average Bonchev–Trinajstić information content (AvgIpc) is 2.69. The molecule has 7 heteroatoms. The lowest BCUT2D eigenvalue weighted by molar-refractivity contribution is 0.0168. The number of thiophene rings is 1. The number of aliphatic hydroxyl groups excluding tert-OH is 2. The molecule has 92 valence electrons. The number of carbonyl (C=O) groups excluding carboxylic acids is 1. The predicted molar refractivity (Wildman–Crippen MR) is 64.0 cm³/mol. The molecule has 0 aliphatic heterocycles. The molecule has 1 heterocycles. The summed E-state index contributed by atoms with van der Waals surface area (Å²) in [5.74, 6) is 0. The maximum absolute atomic E-state index is 10.6. The van der Waals surface area contributed by atoms with Gasteiger partial charge in [0.25, 0.3) is 0 Å². The molecule has 0 spiro atoms. The molecule has 2 atom stereocenters. The summed E-state index contributed by atoms with van der Waals surface area (Å²) in [5.41, 5.74) is 8.86. The molecular formula is C10H13N3O3S. The predicted octanol–water partition coefficient (Wildman–Crippen LogP) is 1.96. The highest BCUT2D eigenvalue weighted by molar-refractivity contribution is 7.13. The summed E-state index contributed by atoms with van der Waals surface area (Å²) in [6.07, 6.45) is -1.17. The van der Waals surface area contributed by atoms with E-state index >= 15 is 0 Å². The fourth-order valence-electron chi connectivity index (χ4n) is 1.44. The molecule has 0 radical (unpaired) electrons. The zero-order valence-electron chi connectivity index (χ0n) is 9.28. The van der Waals surface area contributed by atoms with Crippen LogP contribution in [0.25, 0.3) is 10.4 Å². The van der Waals surface area contributed by atoms with Crippen LogP contribution in [0.15, 0.2) is 11.2 Å². The molecule has 1 aromatic heterocycles. The summed E-state index contributed by atoms with van der Waals surface area (Å²) in [5, 5.41) is 22.9. The van der Waals surface area contributed by atoms with Crippen LogP contribution in [-0.4, -0.2) is 29.1 Å². The molecule has 0 bridgehead atoms. The number of hydrogen-bond donors (Lipinski definition) is 2. The zero-order chi connectivity index (χ0) is 12.8. The van der Waals surface area contributed by atoms with Gasteiger partial charge in [-0.25, -0.2) is 0 Å². The van der Waals surface area contributed by atoms with Gasteiger partial charge in [0.2, 0.25) is 0 Å². The second kappa shape index (κ2) is 6.36. The summed E-state index contributed by atoms with van der Waals surface area (Å²) in [6, 6.07) is 1.66. The van der Waals surface area contributed by atoms with Crippen LogP contribution in [0.4, 0.5) is 0 Å². The first-order valence-electron chi connectivity index (χ1n) is 5.02. The van der Waals surface area contributed by atoms with E-state index in [9.17, 15) is 15.0 Å². The van der Waals surface area contributed by atoms with Gasteiger partial charge in [-0.05, 0) is 30.5 Å². The highest BCUT2D eigenvalue weighted by atomic mass is 32.1. The standard InChI is InChI=1S/C10H13N3O3S/c1-6-4-7(5-14)17-10(6)9(16)8(15)2-3-12-13-11/h4-5,8-9,15-16H,2-3H2,1H3. The molecule has 2 N–H and O–H groups in total. The van der Waals surface area contributed by atoms with Crippen LogP contribution < -0.4 is 0 Å². The van der Waals surface area contributed by atoms with Crippen molar-refractivity contribution >= 4 is 17.6 Å². The van der Waals surface area contributed by atoms with E-state index in [-0.39, 0.29) is 13.0 Å². The summed E-state index contributed by atoms with van der Waals surface area (Å²) >= 11 is 1.15. The van der Waals surface area contributed by atoms with E-state index in [2.05, 4.69) is 10.0 Å². The lowest BCUT2D eigenvalue weighted by Gasteiger charge is -2.16. The van der Waals surface area contributed by atoms with Gasteiger partial charge in [-0.1, -0.05) is 5.11 Å². The molecular weight excluding hydrogens is 242 g/mol. The lowest BCUT2D eigenvalue weighted by atomic mass is 10.1. The second-order valence-corrected chi connectivity index (χ2v) is 4.68. The third-order valence-corrected chi connectivity index (χ3v) is 3.55. The Balaban J connectivity index is 2.73. The minimum atomic E-state index is -1.05. The van der Waals surface area contributed by atoms with Gasteiger partial charge in [0, 0.05) is 16.3 Å². The van der Waals surface area contributed by atoms with Crippen LogP contribution in [0.1, 0.15) is 32.6 Å². The van der Waals surface area contributed by atoms with Gasteiger partial charge in [0.1, 0.15) is 6.10 Å². The van der Waals surface area contributed by atoms with Gasteiger partial charge in [0.05, 0.1) is 11.0 Å². The van der Waals surface area contributed by atoms with Crippen molar-refractivity contribution in [1.29, 1.82) is 0 Å². The first-order valence-corrected chi connectivity index (χ1v) is 5.84. The molecule has 6 nitrogen and oxygen atoms in total. The Labute approximate surface area is 102 Å². The number of azide groups is 1. The molecule has 0 amide bonds. The molecule has 2 unspecified atom stereocenters. The van der Waals surface area contributed by atoms with E-state index in [1.807, 2.05) is 0 Å². The SMILES string of the molecule is Cc1cc(C=O)sc1C(O)C(O)CCN=[N+]=[N-]. The molecule has 1 aromatic rings. The van der Waals surface area contributed by atoms with Gasteiger partial charge in [-0.15, -0.1) is 11.3 Å². The van der Waals surface area contributed by atoms with E-state index in [4.69, 9.17) is 5.53 Å². The monoisotopic (exact) mass is 255 g/mol. The zero-order valence-corrected chi connectivity index (χ0v) is 10.1. The normalized spacial score (nSPS) is 13.8. The highest BCUT2D eigenvalue weighted by Crippen LogP contribution is 2.29. The Bertz CT molecular complexity index is 440. The van der Waals surface area contributed by atoms with E-state index < -0.39 is 12.2 Å². The van der Waals surface area contributed by atoms with Crippen molar-refractivity contribution in [2.75, 3.05) is 6.54 Å². The molecule has 0 saturated carbocycles. The van der Waals surface area contributed by atoms with Gasteiger partial charge in [-0.3, -0.25) is 4.79 Å². The van der Waals surface area contributed by atoms with Crippen LogP contribution in [0.5, 0.6) is 0 Å². The van der Waals surface area contributed by atoms with Crippen molar-refractivity contribution in [1.82, 2.24) is 0 Å². The maximum atomic E-state index is 10.6. The molecule has 0 aliphatic rings. The van der Waals surface area contributed by atoms with Crippen molar-refractivity contribution in [2.45, 2.75) is 25.6 Å². The number of hydrogen-bond acceptors (Lipinski definition) is 5. The van der Waals surface area contributed by atoms with E-state index in [1.54, 1.807) is 13.0 Å². The number of aldehydes is 1. The van der Waals surface area contributed by atoms with Crippen molar-refractivity contribution in [2.24, 2.45) is 5.11 Å². The number of nitrogens with zero attached hydrogens (tertiary/aromatic N) is 3. The number of rotatable bonds is 6. The number of aryl methyl sites for hydroxylation is 1. The Morgan fingerprint density at radius 3 is 2.88 bits per heavy atom. The number of aliphatic hydroxyl groups is 2. The summed E-state index contributed by atoms with van der Waals surface area (Å²) < 4.78 is 0. The van der Waals surface area contributed by atoms with Gasteiger partial charge >= 0.3 is 0 Å². The van der Waals surface area contributed by atoms with Crippen LogP contribution in [0, 0.1) is 6.92 Å². The summed E-state index contributed by atoms with van der Waals surface area (Å²) in [4.78, 5) is 14.2. The minimum Gasteiger partial charge on any atom is -0.390 e. The Morgan fingerprint density at radius 2 is 2.35 bits per heavy atom. The second-order valence-electron chi connectivity index (χ2n) is 3.57. The van der Waals surface area contributed by atoms with Gasteiger partial charge < -0.3 is 10.2 Å². The Hall–Kier alpha value is -1.40. The minimum absolute atomic E-state index is 0.125. The third kappa shape index (κ3) is 3.54. The van der Waals surface area contributed by atoms with Crippen LogP contribution >= 0.6 is 11.3 Å². The summed E-state index contributed by atoms with van der Waals surface area (Å²) in [6.45, 7) is 1.89. The quantitative estimate of drug-likeness (QED) is 0.351. The first-order chi connectivity index (χ1) is 8.10. The Kier molecular flexibility index (Phi) is 5.11. The van der Waals surface area contributed by atoms with E-state index in [0.717, 1.165) is 16.9 Å². The van der Waals surface area contributed by atoms with Gasteiger partial charge in [0.15, 0.2) is 6.29 Å². The van der Waals surface area contributed by atoms with Crippen molar-refractivity contribution in [3.05, 3.63) is 31.8 Å². The van der Waals surface area contributed by atoms with Crippen molar-refractivity contribution in [3.63, 3.8) is 0 Å². The highest BCUT2D eigenvalue weighted by Gasteiger charge is 2.21. The van der Waals surface area contributed by atoms with Crippen LogP contribution in [0.2, 0.25) is 0 Å². The van der Waals surface area contributed by atoms with Crippen molar-refractivity contribution < 1.29 is 15.0 Å². The molecule has 1 rings (SSSR count). The Morgan fingerprint density at radius 1 is 1.65 bits per heavy atom. The topological polar surface area (TPSA) is 106 Å². The molecule has 0 aliphatic carbocycles. The van der Waals surface area contributed by atoms with Gasteiger partial charge in [-0.2, -0.15) is 0 Å². The molecule has 0 aromatic carbocycles. The lowest BCUT2D eigenvalue weighted by Crippen LogP contribution is -2.18. The van der Waals surface area contributed by atoms with E-state index in [1.165, 1.54) is 0 Å². The smallest absolute Gasteiger partial charge is 0.160 e. The average molecular weight is 255 g/mol. The summed E-state index contributed by atoms with van der Waals surface area (Å²) in [7, 11) is 0.